The van der Waals surface area contributed by atoms with E-state index < -0.39 is 24.0 Å². The van der Waals surface area contributed by atoms with E-state index in [2.05, 4.69) is 4.74 Å². The maximum absolute atomic E-state index is 11.3. The molecule has 0 saturated carbocycles. The van der Waals surface area contributed by atoms with E-state index in [0.717, 1.165) is 0 Å². The molecule has 0 saturated heterocycles. The zero-order valence-electron chi connectivity index (χ0n) is 10.5. The van der Waals surface area contributed by atoms with Crippen molar-refractivity contribution in [2.45, 2.75) is 46.3 Å². The van der Waals surface area contributed by atoms with Crippen LogP contribution in [-0.4, -0.2) is 36.7 Å². The number of carbonyl (C=O) groups is 3. The standard InChI is InChI=1S/C11H18O6/c1-7(2)16-11(14)5-10(17-9(4)13)6-15-8(3)12/h7,10H,5-6H2,1-4H3. The summed E-state index contributed by atoms with van der Waals surface area (Å²) in [6, 6.07) is 0. The lowest BCUT2D eigenvalue weighted by molar-refractivity contribution is -0.162. The Hall–Kier alpha value is -1.59. The van der Waals surface area contributed by atoms with Crippen molar-refractivity contribution in [2.24, 2.45) is 0 Å². The predicted octanol–water partition coefficient (Wildman–Crippen LogP) is 0.823. The third-order valence-electron chi connectivity index (χ3n) is 1.57. The summed E-state index contributed by atoms with van der Waals surface area (Å²) in [5.41, 5.74) is 0. The molecule has 1 atom stereocenters. The van der Waals surface area contributed by atoms with Gasteiger partial charge in [0.1, 0.15) is 12.7 Å². The summed E-state index contributed by atoms with van der Waals surface area (Å²) in [7, 11) is 0. The number of hydrogen-bond donors (Lipinski definition) is 0. The van der Waals surface area contributed by atoms with Gasteiger partial charge in [0.15, 0.2) is 0 Å². The van der Waals surface area contributed by atoms with Crippen LogP contribution in [0.1, 0.15) is 34.1 Å². The fraction of sp³-hybridized carbons (Fsp3) is 0.727. The Morgan fingerprint density at radius 1 is 1.00 bits per heavy atom. The topological polar surface area (TPSA) is 78.9 Å². The Balaban J connectivity index is 4.22. The highest BCUT2D eigenvalue weighted by molar-refractivity contribution is 5.72. The summed E-state index contributed by atoms with van der Waals surface area (Å²) >= 11 is 0. The summed E-state index contributed by atoms with van der Waals surface area (Å²) in [5, 5.41) is 0. The van der Waals surface area contributed by atoms with Gasteiger partial charge >= 0.3 is 17.9 Å². The van der Waals surface area contributed by atoms with E-state index in [9.17, 15) is 14.4 Å². The van der Waals surface area contributed by atoms with Crippen LogP contribution in [0.2, 0.25) is 0 Å². The molecule has 0 rings (SSSR count). The first-order valence-electron chi connectivity index (χ1n) is 5.31. The maximum atomic E-state index is 11.3. The monoisotopic (exact) mass is 246 g/mol. The van der Waals surface area contributed by atoms with Crippen molar-refractivity contribution in [1.29, 1.82) is 0 Å². The van der Waals surface area contributed by atoms with Crippen LogP contribution < -0.4 is 0 Å². The second-order valence-electron chi connectivity index (χ2n) is 3.78. The van der Waals surface area contributed by atoms with E-state index in [4.69, 9.17) is 9.47 Å². The molecule has 6 nitrogen and oxygen atoms in total. The fourth-order valence-corrected chi connectivity index (χ4v) is 1.08. The number of rotatable bonds is 6. The molecule has 0 aliphatic heterocycles. The van der Waals surface area contributed by atoms with Crippen LogP contribution in [0, 0.1) is 0 Å². The first-order valence-corrected chi connectivity index (χ1v) is 5.31. The van der Waals surface area contributed by atoms with Gasteiger partial charge < -0.3 is 14.2 Å². The van der Waals surface area contributed by atoms with Gasteiger partial charge in [0.25, 0.3) is 0 Å². The van der Waals surface area contributed by atoms with Gasteiger partial charge in [0.2, 0.25) is 0 Å². The first kappa shape index (κ1) is 15.4. The van der Waals surface area contributed by atoms with E-state index in [1.807, 2.05) is 0 Å². The normalized spacial score (nSPS) is 11.8. The fourth-order valence-electron chi connectivity index (χ4n) is 1.08. The largest absolute Gasteiger partial charge is 0.463 e. The van der Waals surface area contributed by atoms with Crippen molar-refractivity contribution in [2.75, 3.05) is 6.61 Å². The molecule has 1 unspecified atom stereocenters. The van der Waals surface area contributed by atoms with E-state index >= 15 is 0 Å². The summed E-state index contributed by atoms with van der Waals surface area (Å²) in [6.07, 6.45) is -1.18. The molecule has 0 aromatic carbocycles. The van der Waals surface area contributed by atoms with Crippen molar-refractivity contribution in [3.8, 4) is 0 Å². The van der Waals surface area contributed by atoms with Crippen LogP contribution >= 0.6 is 0 Å². The Morgan fingerprint density at radius 2 is 1.59 bits per heavy atom. The van der Waals surface area contributed by atoms with E-state index in [1.165, 1.54) is 13.8 Å². The molecule has 0 bridgehead atoms. The summed E-state index contributed by atoms with van der Waals surface area (Å²) in [6.45, 7) is 5.73. The average Bonchev–Trinajstić information content (AvgIpc) is 2.11. The van der Waals surface area contributed by atoms with Crippen LogP contribution in [0.4, 0.5) is 0 Å². The first-order chi connectivity index (χ1) is 7.81. The van der Waals surface area contributed by atoms with Gasteiger partial charge in [-0.25, -0.2) is 0 Å². The summed E-state index contributed by atoms with van der Waals surface area (Å²) in [5.74, 6) is -1.54. The molecule has 0 aliphatic carbocycles. The van der Waals surface area contributed by atoms with Crippen molar-refractivity contribution >= 4 is 17.9 Å². The van der Waals surface area contributed by atoms with E-state index in [-0.39, 0.29) is 19.1 Å². The molecule has 0 aliphatic rings. The second-order valence-corrected chi connectivity index (χ2v) is 3.78. The van der Waals surface area contributed by atoms with Crippen molar-refractivity contribution in [1.82, 2.24) is 0 Å². The lowest BCUT2D eigenvalue weighted by atomic mass is 10.2. The lowest BCUT2D eigenvalue weighted by Gasteiger charge is -2.16. The van der Waals surface area contributed by atoms with Crippen molar-refractivity contribution in [3.63, 3.8) is 0 Å². The second kappa shape index (κ2) is 7.65. The molecular formula is C11H18O6. The highest BCUT2D eigenvalue weighted by Crippen LogP contribution is 2.04. The molecule has 0 radical (unpaired) electrons. The molecule has 0 aromatic heterocycles. The van der Waals surface area contributed by atoms with E-state index in [0.29, 0.717) is 0 Å². The van der Waals surface area contributed by atoms with Crippen LogP contribution in [0.5, 0.6) is 0 Å². The minimum absolute atomic E-state index is 0.134. The molecule has 0 amide bonds. The van der Waals surface area contributed by atoms with Gasteiger partial charge in [0.05, 0.1) is 12.5 Å². The Labute approximate surface area is 100 Å². The number of ether oxygens (including phenoxy) is 3. The van der Waals surface area contributed by atoms with Gasteiger partial charge in [0, 0.05) is 13.8 Å². The highest BCUT2D eigenvalue weighted by atomic mass is 16.6. The minimum Gasteiger partial charge on any atom is -0.463 e. The van der Waals surface area contributed by atoms with Gasteiger partial charge in [-0.15, -0.1) is 0 Å². The van der Waals surface area contributed by atoms with Crippen LogP contribution in [0.3, 0.4) is 0 Å². The Morgan fingerprint density at radius 3 is 2.00 bits per heavy atom. The third kappa shape index (κ3) is 9.35. The number of hydrogen-bond acceptors (Lipinski definition) is 6. The average molecular weight is 246 g/mol. The molecular weight excluding hydrogens is 228 g/mol. The Kier molecular flexibility index (Phi) is 6.93. The zero-order valence-corrected chi connectivity index (χ0v) is 10.5. The molecule has 17 heavy (non-hydrogen) atoms. The Bertz CT molecular complexity index is 284. The number of esters is 3. The third-order valence-corrected chi connectivity index (χ3v) is 1.57. The van der Waals surface area contributed by atoms with E-state index in [1.54, 1.807) is 13.8 Å². The molecule has 6 heteroatoms. The van der Waals surface area contributed by atoms with Crippen LogP contribution in [0.15, 0.2) is 0 Å². The molecule has 0 N–H and O–H groups in total. The molecule has 98 valence electrons. The van der Waals surface area contributed by atoms with Crippen molar-refractivity contribution in [3.05, 3.63) is 0 Å². The van der Waals surface area contributed by atoms with Crippen LogP contribution in [0.25, 0.3) is 0 Å². The quantitative estimate of drug-likeness (QED) is 0.510. The predicted molar refractivity (Wildman–Crippen MR) is 58.0 cm³/mol. The maximum Gasteiger partial charge on any atom is 0.309 e. The smallest absolute Gasteiger partial charge is 0.309 e. The van der Waals surface area contributed by atoms with Gasteiger partial charge in [-0.05, 0) is 13.8 Å². The zero-order chi connectivity index (χ0) is 13.4. The SMILES string of the molecule is CC(=O)OCC(CC(=O)OC(C)C)OC(C)=O. The van der Waals surface area contributed by atoms with Crippen molar-refractivity contribution < 1.29 is 28.6 Å². The van der Waals surface area contributed by atoms with Gasteiger partial charge in [-0.3, -0.25) is 14.4 Å². The minimum atomic E-state index is -0.803. The van der Waals surface area contributed by atoms with Gasteiger partial charge in [-0.2, -0.15) is 0 Å². The lowest BCUT2D eigenvalue weighted by Crippen LogP contribution is -2.28. The van der Waals surface area contributed by atoms with Crippen LogP contribution in [-0.2, 0) is 28.6 Å². The highest BCUT2D eigenvalue weighted by Gasteiger charge is 2.20. The van der Waals surface area contributed by atoms with Gasteiger partial charge in [-0.1, -0.05) is 0 Å². The summed E-state index contributed by atoms with van der Waals surface area (Å²) in [4.78, 5) is 32.7. The molecule has 0 spiro atoms. The number of carbonyl (C=O) groups excluding carboxylic acids is 3. The molecule has 0 heterocycles. The summed E-state index contributed by atoms with van der Waals surface area (Å²) < 4.78 is 14.4. The molecule has 0 aromatic rings. The molecule has 0 fully saturated rings.